The quantitative estimate of drug-likeness (QED) is 0.871. The van der Waals surface area contributed by atoms with Gasteiger partial charge in [-0.05, 0) is 46.6 Å². The lowest BCUT2D eigenvalue weighted by atomic mass is 10.1. The molecular formula is C9H11IN4S. The second kappa shape index (κ2) is 4.58. The van der Waals surface area contributed by atoms with Crippen LogP contribution in [0.4, 0.5) is 0 Å². The van der Waals surface area contributed by atoms with Crippen LogP contribution >= 0.6 is 33.9 Å². The molecule has 0 aromatic carbocycles. The summed E-state index contributed by atoms with van der Waals surface area (Å²) in [6, 6.07) is 2.35. The first-order chi connectivity index (χ1) is 7.22. The molecule has 4 nitrogen and oxygen atoms in total. The molecular weight excluding hydrogens is 323 g/mol. The van der Waals surface area contributed by atoms with Crippen molar-refractivity contribution >= 4 is 33.9 Å². The molecule has 1 N–H and O–H groups in total. The van der Waals surface area contributed by atoms with Gasteiger partial charge in [-0.3, -0.25) is 4.68 Å². The maximum Gasteiger partial charge on any atom is 0.0798 e. The van der Waals surface area contributed by atoms with Crippen LogP contribution in [0.2, 0.25) is 0 Å². The number of hydrogen-bond donors (Lipinski definition) is 1. The van der Waals surface area contributed by atoms with Crippen molar-refractivity contribution in [3.63, 3.8) is 0 Å². The highest BCUT2D eigenvalue weighted by Crippen LogP contribution is 2.26. The fraction of sp³-hybridized carbons (Fsp3) is 0.333. The van der Waals surface area contributed by atoms with Crippen molar-refractivity contribution in [1.29, 1.82) is 0 Å². The van der Waals surface area contributed by atoms with E-state index >= 15 is 0 Å². The van der Waals surface area contributed by atoms with Gasteiger partial charge in [0.2, 0.25) is 0 Å². The average molecular weight is 334 g/mol. The first-order valence-electron chi connectivity index (χ1n) is 4.48. The standard InChI is InChI=1S/C9H11IN4S/c1-11-9(6-3-8(10)15-5-6)7-4-12-13-14(7)2/h3-5,9,11H,1-2H3. The summed E-state index contributed by atoms with van der Waals surface area (Å²) in [6.07, 6.45) is 1.80. The monoisotopic (exact) mass is 334 g/mol. The Morgan fingerprint density at radius 3 is 2.87 bits per heavy atom. The predicted octanol–water partition coefficient (Wildman–Crippen LogP) is 1.79. The Morgan fingerprint density at radius 1 is 1.60 bits per heavy atom. The van der Waals surface area contributed by atoms with Gasteiger partial charge in [-0.2, -0.15) is 0 Å². The predicted molar refractivity (Wildman–Crippen MR) is 68.9 cm³/mol. The highest BCUT2D eigenvalue weighted by atomic mass is 127. The summed E-state index contributed by atoms with van der Waals surface area (Å²) in [5.74, 6) is 0. The van der Waals surface area contributed by atoms with Crippen LogP contribution in [-0.2, 0) is 7.05 Å². The highest BCUT2D eigenvalue weighted by Gasteiger charge is 2.16. The van der Waals surface area contributed by atoms with Crippen molar-refractivity contribution in [2.45, 2.75) is 6.04 Å². The van der Waals surface area contributed by atoms with Crippen LogP contribution < -0.4 is 5.32 Å². The van der Waals surface area contributed by atoms with E-state index in [1.807, 2.05) is 14.1 Å². The molecule has 80 valence electrons. The molecule has 1 unspecified atom stereocenters. The molecule has 15 heavy (non-hydrogen) atoms. The van der Waals surface area contributed by atoms with E-state index in [0.717, 1.165) is 5.69 Å². The van der Waals surface area contributed by atoms with Crippen LogP contribution in [0.15, 0.2) is 17.6 Å². The lowest BCUT2D eigenvalue weighted by Crippen LogP contribution is -2.20. The van der Waals surface area contributed by atoms with Crippen LogP contribution in [0, 0.1) is 2.88 Å². The molecule has 0 aliphatic rings. The molecule has 1 atom stereocenters. The molecule has 2 heterocycles. The molecule has 0 radical (unpaired) electrons. The summed E-state index contributed by atoms with van der Waals surface area (Å²) in [5, 5.41) is 13.3. The van der Waals surface area contributed by atoms with Gasteiger partial charge >= 0.3 is 0 Å². The summed E-state index contributed by atoms with van der Waals surface area (Å²) >= 11 is 4.08. The lowest BCUT2D eigenvalue weighted by molar-refractivity contribution is 0.599. The SMILES string of the molecule is CNC(c1csc(I)c1)c1cnnn1C. The zero-order chi connectivity index (χ0) is 10.8. The second-order valence-corrected chi connectivity index (χ2v) is 5.99. The van der Waals surface area contributed by atoms with Crippen molar-refractivity contribution in [1.82, 2.24) is 20.3 Å². The van der Waals surface area contributed by atoms with Crippen LogP contribution in [0.3, 0.4) is 0 Å². The molecule has 0 spiro atoms. The van der Waals surface area contributed by atoms with Gasteiger partial charge in [-0.25, -0.2) is 0 Å². The maximum absolute atomic E-state index is 3.95. The zero-order valence-electron chi connectivity index (χ0n) is 8.44. The van der Waals surface area contributed by atoms with Crippen LogP contribution in [0.5, 0.6) is 0 Å². The molecule has 2 aromatic rings. The summed E-state index contributed by atoms with van der Waals surface area (Å²) in [5.41, 5.74) is 2.34. The third kappa shape index (κ3) is 2.21. The Labute approximate surface area is 106 Å². The minimum atomic E-state index is 0.171. The van der Waals surface area contributed by atoms with Gasteiger partial charge in [-0.1, -0.05) is 5.21 Å². The summed E-state index contributed by atoms with van der Waals surface area (Å²) in [4.78, 5) is 0. The minimum absolute atomic E-state index is 0.171. The Bertz CT molecular complexity index is 450. The van der Waals surface area contributed by atoms with Crippen molar-refractivity contribution in [3.8, 4) is 0 Å². The fourth-order valence-corrected chi connectivity index (χ4v) is 2.92. The highest BCUT2D eigenvalue weighted by molar-refractivity contribution is 14.1. The molecule has 6 heteroatoms. The topological polar surface area (TPSA) is 42.7 Å². The third-order valence-electron chi connectivity index (χ3n) is 2.25. The number of halogens is 1. The molecule has 0 saturated carbocycles. The summed E-state index contributed by atoms with van der Waals surface area (Å²) in [6.45, 7) is 0. The summed E-state index contributed by atoms with van der Waals surface area (Å²) in [7, 11) is 3.85. The lowest BCUT2D eigenvalue weighted by Gasteiger charge is -2.13. The van der Waals surface area contributed by atoms with E-state index in [4.69, 9.17) is 0 Å². The van der Waals surface area contributed by atoms with Crippen LogP contribution in [-0.4, -0.2) is 22.0 Å². The molecule has 0 aliphatic heterocycles. The number of rotatable bonds is 3. The van der Waals surface area contributed by atoms with E-state index in [0.29, 0.717) is 0 Å². The number of nitrogens with one attached hydrogen (secondary N) is 1. The largest absolute Gasteiger partial charge is 0.308 e. The van der Waals surface area contributed by atoms with Crippen molar-refractivity contribution in [2.75, 3.05) is 7.05 Å². The van der Waals surface area contributed by atoms with Gasteiger partial charge in [0.1, 0.15) is 0 Å². The first-order valence-corrected chi connectivity index (χ1v) is 6.44. The van der Waals surface area contributed by atoms with E-state index in [-0.39, 0.29) is 6.04 Å². The Balaban J connectivity index is 2.36. The van der Waals surface area contributed by atoms with Crippen LogP contribution in [0.25, 0.3) is 0 Å². The maximum atomic E-state index is 3.95. The van der Waals surface area contributed by atoms with E-state index < -0.39 is 0 Å². The number of hydrogen-bond acceptors (Lipinski definition) is 4. The Hall–Kier alpha value is -0.470. The summed E-state index contributed by atoms with van der Waals surface area (Å²) < 4.78 is 3.09. The minimum Gasteiger partial charge on any atom is -0.308 e. The third-order valence-corrected chi connectivity index (χ3v) is 4.06. The van der Waals surface area contributed by atoms with E-state index in [1.54, 1.807) is 22.2 Å². The van der Waals surface area contributed by atoms with Crippen molar-refractivity contribution < 1.29 is 0 Å². The molecule has 0 fully saturated rings. The van der Waals surface area contributed by atoms with Gasteiger partial charge < -0.3 is 5.32 Å². The smallest absolute Gasteiger partial charge is 0.0798 e. The van der Waals surface area contributed by atoms with Gasteiger partial charge in [0.25, 0.3) is 0 Å². The molecule has 2 rings (SSSR count). The normalized spacial score (nSPS) is 13.0. The van der Waals surface area contributed by atoms with E-state index in [9.17, 15) is 0 Å². The van der Waals surface area contributed by atoms with Gasteiger partial charge in [0.05, 0.1) is 20.8 Å². The number of nitrogens with zero attached hydrogens (tertiary/aromatic N) is 3. The van der Waals surface area contributed by atoms with Gasteiger partial charge in [-0.15, -0.1) is 16.4 Å². The second-order valence-electron chi connectivity index (χ2n) is 3.19. The number of thiophene rings is 1. The van der Waals surface area contributed by atoms with E-state index in [1.165, 1.54) is 8.45 Å². The molecule has 0 amide bonds. The Kier molecular flexibility index (Phi) is 3.37. The average Bonchev–Trinajstić information content (AvgIpc) is 2.79. The number of aryl methyl sites for hydroxylation is 1. The van der Waals surface area contributed by atoms with Gasteiger partial charge in [0.15, 0.2) is 0 Å². The van der Waals surface area contributed by atoms with Gasteiger partial charge in [0, 0.05) is 7.05 Å². The molecule has 0 aliphatic carbocycles. The fourth-order valence-electron chi connectivity index (χ4n) is 1.52. The Morgan fingerprint density at radius 2 is 2.40 bits per heavy atom. The first kappa shape index (κ1) is 11.0. The van der Waals surface area contributed by atoms with E-state index in [2.05, 4.69) is 49.7 Å². The molecule has 2 aromatic heterocycles. The van der Waals surface area contributed by atoms with Crippen LogP contribution in [0.1, 0.15) is 17.3 Å². The molecule has 0 saturated heterocycles. The number of aromatic nitrogens is 3. The molecule has 0 bridgehead atoms. The van der Waals surface area contributed by atoms with Crippen molar-refractivity contribution in [3.05, 3.63) is 31.8 Å². The van der Waals surface area contributed by atoms with Crippen molar-refractivity contribution in [2.24, 2.45) is 7.05 Å². The zero-order valence-corrected chi connectivity index (χ0v) is 11.4.